The summed E-state index contributed by atoms with van der Waals surface area (Å²) in [6, 6.07) is 12.5. The van der Waals surface area contributed by atoms with Crippen molar-refractivity contribution in [3.8, 4) is 17.6 Å². The van der Waals surface area contributed by atoms with Gasteiger partial charge in [-0.2, -0.15) is 10.4 Å². The minimum Gasteiger partial charge on any atom is -0.495 e. The number of rotatable bonds is 8. The van der Waals surface area contributed by atoms with Gasteiger partial charge in [-0.1, -0.05) is 0 Å². The number of methoxy groups -OCH3 is 1. The summed E-state index contributed by atoms with van der Waals surface area (Å²) in [5.74, 6) is -0.365. The summed E-state index contributed by atoms with van der Waals surface area (Å²) in [5, 5.41) is 16.2. The van der Waals surface area contributed by atoms with Crippen LogP contribution in [0.5, 0.6) is 11.5 Å². The third-order valence-corrected chi connectivity index (χ3v) is 5.69. The van der Waals surface area contributed by atoms with Crippen molar-refractivity contribution in [3.05, 3.63) is 65.5 Å². The minimum atomic E-state index is -4.73. The molecule has 1 atom stereocenters. The number of fused-ring (bicyclic) bond motifs is 1. The van der Waals surface area contributed by atoms with Crippen LogP contribution in [-0.4, -0.2) is 54.3 Å². The highest BCUT2D eigenvalue weighted by atomic mass is 19.4. The molecule has 0 aliphatic carbocycles. The Bertz CT molecular complexity index is 1380. The molecule has 198 valence electrons. The van der Waals surface area contributed by atoms with Gasteiger partial charge in [-0.05, 0) is 49.4 Å². The molecule has 4 rings (SSSR count). The number of carbonyl (C=O) groups excluding carboxylic acids is 2. The van der Waals surface area contributed by atoms with Crippen LogP contribution in [0, 0.1) is 11.3 Å². The number of carbonyl (C=O) groups is 2. The summed E-state index contributed by atoms with van der Waals surface area (Å²) in [5.41, 5.74) is 1.25. The number of nitrogens with one attached hydrogen (secondary N) is 1. The molecule has 1 aromatic heterocycles. The van der Waals surface area contributed by atoms with Crippen LogP contribution in [0.25, 0.3) is 0 Å². The molecule has 1 aliphatic heterocycles. The number of benzene rings is 2. The lowest BCUT2D eigenvalue weighted by molar-refractivity contribution is -0.325. The maximum Gasteiger partial charge on any atom is 0.522 e. The highest BCUT2D eigenvalue weighted by molar-refractivity contribution is 6.15. The van der Waals surface area contributed by atoms with Crippen LogP contribution in [0.2, 0.25) is 0 Å². The van der Waals surface area contributed by atoms with Gasteiger partial charge in [-0.25, -0.2) is 0 Å². The van der Waals surface area contributed by atoms with Crippen LogP contribution < -0.4 is 19.7 Å². The number of halogens is 3. The van der Waals surface area contributed by atoms with Gasteiger partial charge in [0.2, 0.25) is 0 Å². The summed E-state index contributed by atoms with van der Waals surface area (Å²) in [6.07, 6.45) is -3.41. The molecule has 0 saturated carbocycles. The summed E-state index contributed by atoms with van der Waals surface area (Å²) in [4.78, 5) is 28.1. The van der Waals surface area contributed by atoms with E-state index in [1.807, 2.05) is 13.0 Å². The number of hydrogen-bond acceptors (Lipinski definition) is 7. The van der Waals surface area contributed by atoms with E-state index < -0.39 is 24.8 Å². The Hall–Kier alpha value is -4.57. The van der Waals surface area contributed by atoms with Crippen LogP contribution >= 0.6 is 0 Å². The lowest BCUT2D eigenvalue weighted by Crippen LogP contribution is -2.47. The van der Waals surface area contributed by atoms with Gasteiger partial charge in [0.1, 0.15) is 29.9 Å². The fraction of sp³-hybridized carbons (Fsp3) is 0.280. The highest BCUT2D eigenvalue weighted by Crippen LogP contribution is 2.29. The third-order valence-electron chi connectivity index (χ3n) is 5.69. The van der Waals surface area contributed by atoms with E-state index in [1.165, 1.54) is 41.1 Å². The molecule has 1 N–H and O–H groups in total. The van der Waals surface area contributed by atoms with Crippen molar-refractivity contribution >= 4 is 23.2 Å². The zero-order chi connectivity index (χ0) is 27.4. The van der Waals surface area contributed by atoms with Crippen LogP contribution in [-0.2, 0) is 11.3 Å². The van der Waals surface area contributed by atoms with Crippen molar-refractivity contribution in [2.45, 2.75) is 25.9 Å². The first-order chi connectivity index (χ1) is 18.1. The van der Waals surface area contributed by atoms with E-state index in [0.717, 1.165) is 0 Å². The van der Waals surface area contributed by atoms with Gasteiger partial charge in [0, 0.05) is 11.4 Å². The summed E-state index contributed by atoms with van der Waals surface area (Å²) in [6.45, 7) is 1.18. The average Bonchev–Trinajstić information content (AvgIpc) is 3.31. The number of nitrogens with zero attached hydrogens (tertiary/aromatic N) is 4. The fourth-order valence-electron chi connectivity index (χ4n) is 4.02. The number of alkyl halides is 3. The molecule has 13 heteroatoms. The Labute approximate surface area is 215 Å². The standard InChI is InChI=1S/C25H22F3N5O5/c1-15-14-32-22(20(13-30-32)23(34)31-17-3-8-21(36-2)16(11-17)12-29)24(35)33(15)18-4-6-19(7-5-18)37-9-10-38-25(26,27)28/h3-8,11,13,15H,9-10,14H2,1-2H3,(H,31,34)/t15-/m0/s1. The van der Waals surface area contributed by atoms with Gasteiger partial charge < -0.3 is 19.7 Å². The minimum absolute atomic E-state index is 0.0610. The molecule has 1 aliphatic rings. The number of hydrogen-bond donors (Lipinski definition) is 1. The van der Waals surface area contributed by atoms with Crippen LogP contribution in [0.1, 0.15) is 33.3 Å². The van der Waals surface area contributed by atoms with E-state index in [9.17, 15) is 28.0 Å². The molecule has 0 saturated heterocycles. The smallest absolute Gasteiger partial charge is 0.495 e. The van der Waals surface area contributed by atoms with Crippen LogP contribution in [0.3, 0.4) is 0 Å². The number of anilines is 2. The number of amides is 2. The van der Waals surface area contributed by atoms with E-state index in [-0.39, 0.29) is 29.5 Å². The van der Waals surface area contributed by atoms with Crippen molar-refractivity contribution < 1.29 is 37.0 Å². The van der Waals surface area contributed by atoms with Crippen molar-refractivity contribution in [1.82, 2.24) is 9.78 Å². The Morgan fingerprint density at radius 1 is 1.21 bits per heavy atom. The second-order valence-electron chi connectivity index (χ2n) is 8.23. The molecule has 0 fully saturated rings. The molecule has 0 radical (unpaired) electrons. The van der Waals surface area contributed by atoms with Gasteiger partial charge in [0.15, 0.2) is 0 Å². The van der Waals surface area contributed by atoms with Crippen LogP contribution in [0.15, 0.2) is 48.7 Å². The highest BCUT2D eigenvalue weighted by Gasteiger charge is 2.36. The molecular weight excluding hydrogens is 507 g/mol. The quantitative estimate of drug-likeness (QED) is 0.439. The van der Waals surface area contributed by atoms with E-state index >= 15 is 0 Å². The summed E-state index contributed by atoms with van der Waals surface area (Å²) >= 11 is 0. The molecular formula is C25H22F3N5O5. The normalized spacial score (nSPS) is 15.0. The van der Waals surface area contributed by atoms with Gasteiger partial charge in [0.05, 0.1) is 43.6 Å². The molecule has 3 aromatic rings. The Kier molecular flexibility index (Phi) is 7.54. The maximum atomic E-state index is 13.5. The Morgan fingerprint density at radius 3 is 2.61 bits per heavy atom. The zero-order valence-electron chi connectivity index (χ0n) is 20.3. The van der Waals surface area contributed by atoms with Crippen molar-refractivity contribution in [3.63, 3.8) is 0 Å². The second kappa shape index (κ2) is 10.8. The molecule has 2 aromatic carbocycles. The summed E-state index contributed by atoms with van der Waals surface area (Å²) < 4.78 is 51.7. The second-order valence-corrected chi connectivity index (χ2v) is 8.23. The number of nitriles is 1. The van der Waals surface area contributed by atoms with E-state index in [0.29, 0.717) is 29.4 Å². The number of ether oxygens (including phenoxy) is 3. The topological polar surface area (TPSA) is 119 Å². The van der Waals surface area contributed by atoms with Crippen molar-refractivity contribution in [1.29, 1.82) is 5.26 Å². The van der Waals surface area contributed by atoms with Gasteiger partial charge in [0.25, 0.3) is 11.8 Å². The van der Waals surface area contributed by atoms with Gasteiger partial charge >= 0.3 is 6.36 Å². The first kappa shape index (κ1) is 26.5. The first-order valence-corrected chi connectivity index (χ1v) is 11.3. The molecule has 10 nitrogen and oxygen atoms in total. The molecule has 0 bridgehead atoms. The lowest BCUT2D eigenvalue weighted by Gasteiger charge is -2.34. The Morgan fingerprint density at radius 2 is 1.95 bits per heavy atom. The van der Waals surface area contributed by atoms with Crippen molar-refractivity contribution in [2.75, 3.05) is 30.5 Å². The zero-order valence-corrected chi connectivity index (χ0v) is 20.3. The average molecular weight is 529 g/mol. The fourth-order valence-corrected chi connectivity index (χ4v) is 4.02. The lowest BCUT2D eigenvalue weighted by atomic mass is 10.1. The van der Waals surface area contributed by atoms with Gasteiger partial charge in [-0.15, -0.1) is 13.2 Å². The molecule has 2 heterocycles. The number of aromatic nitrogens is 2. The molecule has 38 heavy (non-hydrogen) atoms. The Balaban J connectivity index is 1.49. The molecule has 0 unspecified atom stereocenters. The molecule has 0 spiro atoms. The third kappa shape index (κ3) is 5.70. The predicted molar refractivity (Wildman–Crippen MR) is 128 cm³/mol. The first-order valence-electron chi connectivity index (χ1n) is 11.3. The largest absolute Gasteiger partial charge is 0.522 e. The summed E-state index contributed by atoms with van der Waals surface area (Å²) in [7, 11) is 1.43. The van der Waals surface area contributed by atoms with E-state index in [1.54, 1.807) is 24.3 Å². The van der Waals surface area contributed by atoms with E-state index in [2.05, 4.69) is 15.2 Å². The van der Waals surface area contributed by atoms with Crippen LogP contribution in [0.4, 0.5) is 24.5 Å². The van der Waals surface area contributed by atoms with Crippen molar-refractivity contribution in [2.24, 2.45) is 0 Å². The molecule has 2 amide bonds. The maximum absolute atomic E-state index is 13.5. The SMILES string of the molecule is COc1ccc(NC(=O)c2cnn3c2C(=O)N(c2ccc(OCCOC(F)(F)F)cc2)[C@@H](C)C3)cc1C#N. The monoisotopic (exact) mass is 529 g/mol. The predicted octanol–water partition coefficient (Wildman–Crippen LogP) is 3.98. The van der Waals surface area contributed by atoms with Gasteiger partial charge in [-0.3, -0.25) is 19.0 Å². The van der Waals surface area contributed by atoms with E-state index in [4.69, 9.17) is 9.47 Å².